The number of halogens is 3. The van der Waals surface area contributed by atoms with Crippen LogP contribution in [0.5, 0.6) is 5.75 Å². The van der Waals surface area contributed by atoms with E-state index in [0.29, 0.717) is 40.3 Å². The Morgan fingerprint density at radius 3 is 2.40 bits per heavy atom. The number of hydrogen-bond acceptors (Lipinski definition) is 3. The van der Waals surface area contributed by atoms with Gasteiger partial charge in [-0.25, -0.2) is 0 Å². The first-order valence-electron chi connectivity index (χ1n) is 12.3. The SMILES string of the molecule is CCC(C(=O)NC1CCCCC1)N(Cc1ccc(Cl)c(Cl)c1)C(=O)CCCOc1ccc(Cl)cc1. The topological polar surface area (TPSA) is 58.6 Å². The van der Waals surface area contributed by atoms with Gasteiger partial charge in [0, 0.05) is 24.0 Å². The van der Waals surface area contributed by atoms with Crippen LogP contribution in [-0.4, -0.2) is 35.4 Å². The summed E-state index contributed by atoms with van der Waals surface area (Å²) in [7, 11) is 0. The lowest BCUT2D eigenvalue weighted by molar-refractivity contribution is -0.142. The highest BCUT2D eigenvalue weighted by molar-refractivity contribution is 6.42. The second-order valence-electron chi connectivity index (χ2n) is 8.94. The van der Waals surface area contributed by atoms with Crippen molar-refractivity contribution in [2.75, 3.05) is 6.61 Å². The zero-order chi connectivity index (χ0) is 25.2. The molecule has 0 radical (unpaired) electrons. The van der Waals surface area contributed by atoms with E-state index in [4.69, 9.17) is 39.5 Å². The van der Waals surface area contributed by atoms with E-state index in [1.807, 2.05) is 13.0 Å². The van der Waals surface area contributed by atoms with Crippen LogP contribution >= 0.6 is 34.8 Å². The first-order chi connectivity index (χ1) is 16.9. The molecule has 8 heteroatoms. The van der Waals surface area contributed by atoms with Gasteiger partial charge in [-0.05, 0) is 67.6 Å². The number of carbonyl (C=O) groups excluding carboxylic acids is 2. The van der Waals surface area contributed by atoms with E-state index in [9.17, 15) is 9.59 Å². The van der Waals surface area contributed by atoms with Gasteiger partial charge in [-0.2, -0.15) is 0 Å². The van der Waals surface area contributed by atoms with Gasteiger partial charge in [-0.15, -0.1) is 0 Å². The number of rotatable bonds is 11. The Morgan fingerprint density at radius 2 is 1.74 bits per heavy atom. The third-order valence-electron chi connectivity index (χ3n) is 6.29. The largest absolute Gasteiger partial charge is 0.494 e. The smallest absolute Gasteiger partial charge is 0.243 e. The minimum absolute atomic E-state index is 0.0924. The van der Waals surface area contributed by atoms with Crippen LogP contribution in [0, 0.1) is 0 Å². The molecule has 35 heavy (non-hydrogen) atoms. The Kier molecular flexibility index (Phi) is 11.0. The molecule has 0 bridgehead atoms. The van der Waals surface area contributed by atoms with Crippen LogP contribution in [-0.2, 0) is 16.1 Å². The third-order valence-corrected chi connectivity index (χ3v) is 7.28. The molecular formula is C27H33Cl3N2O3. The van der Waals surface area contributed by atoms with Crippen LogP contribution in [0.25, 0.3) is 0 Å². The zero-order valence-corrected chi connectivity index (χ0v) is 22.3. The number of ether oxygens (including phenoxy) is 1. The first kappa shape index (κ1) is 27.6. The molecule has 1 fully saturated rings. The standard InChI is InChI=1S/C27H33Cl3N2O3/c1-2-25(27(34)31-21-7-4-3-5-8-21)32(18-19-10-15-23(29)24(30)17-19)26(33)9-6-16-35-22-13-11-20(28)12-14-22/h10-15,17,21,25H,2-9,16,18H2,1H3,(H,31,34). The molecule has 0 aliphatic heterocycles. The summed E-state index contributed by atoms with van der Waals surface area (Å²) in [6.07, 6.45) is 6.76. The zero-order valence-electron chi connectivity index (χ0n) is 20.1. The summed E-state index contributed by atoms with van der Waals surface area (Å²) in [5.74, 6) is 0.513. The lowest BCUT2D eigenvalue weighted by atomic mass is 9.95. The molecule has 1 unspecified atom stereocenters. The molecule has 1 N–H and O–H groups in total. The second-order valence-corrected chi connectivity index (χ2v) is 10.2. The van der Waals surface area contributed by atoms with Crippen LogP contribution in [0.2, 0.25) is 15.1 Å². The molecule has 2 amide bonds. The molecule has 1 aliphatic rings. The van der Waals surface area contributed by atoms with Crippen LogP contribution < -0.4 is 10.1 Å². The summed E-state index contributed by atoms with van der Waals surface area (Å²) in [5, 5.41) is 4.71. The van der Waals surface area contributed by atoms with Crippen molar-refractivity contribution in [1.82, 2.24) is 10.2 Å². The lowest BCUT2D eigenvalue weighted by Gasteiger charge is -2.33. The number of nitrogens with one attached hydrogen (secondary N) is 1. The van der Waals surface area contributed by atoms with Gasteiger partial charge in [0.25, 0.3) is 0 Å². The number of nitrogens with zero attached hydrogens (tertiary/aromatic N) is 1. The Bertz CT molecular complexity index is 978. The Hall–Kier alpha value is -1.95. The van der Waals surface area contributed by atoms with Crippen molar-refractivity contribution in [2.45, 2.75) is 76.9 Å². The molecule has 0 spiro atoms. The maximum absolute atomic E-state index is 13.4. The number of hydrogen-bond donors (Lipinski definition) is 1. The minimum atomic E-state index is -0.559. The maximum Gasteiger partial charge on any atom is 0.243 e. The predicted molar refractivity (Wildman–Crippen MR) is 142 cm³/mol. The highest BCUT2D eigenvalue weighted by atomic mass is 35.5. The van der Waals surface area contributed by atoms with Crippen molar-refractivity contribution in [3.63, 3.8) is 0 Å². The summed E-state index contributed by atoms with van der Waals surface area (Å²) in [6, 6.07) is 12.0. The van der Waals surface area contributed by atoms with Gasteiger partial charge in [-0.1, -0.05) is 67.1 Å². The average molecular weight is 540 g/mol. The van der Waals surface area contributed by atoms with Crippen molar-refractivity contribution >= 4 is 46.6 Å². The average Bonchev–Trinajstić information content (AvgIpc) is 2.85. The summed E-state index contributed by atoms with van der Waals surface area (Å²) < 4.78 is 5.73. The fourth-order valence-corrected chi connectivity index (χ4v) is 4.83. The normalized spacial score (nSPS) is 14.9. The highest BCUT2D eigenvalue weighted by Gasteiger charge is 2.30. The van der Waals surface area contributed by atoms with E-state index >= 15 is 0 Å². The van der Waals surface area contributed by atoms with Crippen LogP contribution in [0.15, 0.2) is 42.5 Å². The van der Waals surface area contributed by atoms with Gasteiger partial charge < -0.3 is 15.0 Å². The Labute approximate surface area is 223 Å². The van der Waals surface area contributed by atoms with Crippen molar-refractivity contribution in [3.8, 4) is 5.75 Å². The monoisotopic (exact) mass is 538 g/mol. The molecule has 1 atom stereocenters. The van der Waals surface area contributed by atoms with Gasteiger partial charge in [-0.3, -0.25) is 9.59 Å². The summed E-state index contributed by atoms with van der Waals surface area (Å²) in [5.41, 5.74) is 0.828. The number of benzene rings is 2. The second kappa shape index (κ2) is 14.0. The van der Waals surface area contributed by atoms with Crippen molar-refractivity contribution < 1.29 is 14.3 Å². The third kappa shape index (κ3) is 8.59. The highest BCUT2D eigenvalue weighted by Crippen LogP contribution is 2.25. The molecule has 0 saturated heterocycles. The molecule has 2 aromatic rings. The van der Waals surface area contributed by atoms with Gasteiger partial charge >= 0.3 is 0 Å². The summed E-state index contributed by atoms with van der Waals surface area (Å²) in [6.45, 7) is 2.60. The lowest BCUT2D eigenvalue weighted by Crippen LogP contribution is -2.51. The van der Waals surface area contributed by atoms with E-state index in [1.54, 1.807) is 41.3 Å². The quantitative estimate of drug-likeness (QED) is 0.311. The molecule has 0 aromatic heterocycles. The van der Waals surface area contributed by atoms with Crippen molar-refractivity contribution in [3.05, 3.63) is 63.1 Å². The van der Waals surface area contributed by atoms with Gasteiger partial charge in [0.05, 0.1) is 16.7 Å². The van der Waals surface area contributed by atoms with E-state index in [0.717, 1.165) is 31.2 Å². The van der Waals surface area contributed by atoms with Crippen molar-refractivity contribution in [2.24, 2.45) is 0 Å². The van der Waals surface area contributed by atoms with Crippen LogP contribution in [0.4, 0.5) is 0 Å². The van der Waals surface area contributed by atoms with Gasteiger partial charge in [0.15, 0.2) is 0 Å². The fraction of sp³-hybridized carbons (Fsp3) is 0.481. The molecular weight excluding hydrogens is 507 g/mol. The Balaban J connectivity index is 1.67. The maximum atomic E-state index is 13.4. The first-order valence-corrected chi connectivity index (χ1v) is 13.4. The van der Waals surface area contributed by atoms with E-state index < -0.39 is 6.04 Å². The number of carbonyl (C=O) groups is 2. The van der Waals surface area contributed by atoms with E-state index in [2.05, 4.69) is 5.32 Å². The van der Waals surface area contributed by atoms with Crippen LogP contribution in [0.1, 0.15) is 63.9 Å². The molecule has 1 aliphatic carbocycles. The Morgan fingerprint density at radius 1 is 1.03 bits per heavy atom. The number of amides is 2. The summed E-state index contributed by atoms with van der Waals surface area (Å²) >= 11 is 18.2. The molecule has 5 nitrogen and oxygen atoms in total. The minimum Gasteiger partial charge on any atom is -0.494 e. The molecule has 2 aromatic carbocycles. The molecule has 3 rings (SSSR count). The molecule has 1 saturated carbocycles. The van der Waals surface area contributed by atoms with Crippen LogP contribution in [0.3, 0.4) is 0 Å². The fourth-order valence-electron chi connectivity index (χ4n) is 4.39. The van der Waals surface area contributed by atoms with E-state index in [1.165, 1.54) is 6.42 Å². The van der Waals surface area contributed by atoms with E-state index in [-0.39, 0.29) is 30.8 Å². The molecule has 0 heterocycles. The van der Waals surface area contributed by atoms with Gasteiger partial charge in [0.1, 0.15) is 11.8 Å². The van der Waals surface area contributed by atoms with Crippen molar-refractivity contribution in [1.29, 1.82) is 0 Å². The predicted octanol–water partition coefficient (Wildman–Crippen LogP) is 7.06. The van der Waals surface area contributed by atoms with Gasteiger partial charge in [0.2, 0.25) is 11.8 Å². The molecule has 190 valence electrons. The summed E-state index contributed by atoms with van der Waals surface area (Å²) in [4.78, 5) is 28.3.